The first kappa shape index (κ1) is 14.8. The molecule has 1 N–H and O–H groups in total. The third-order valence-electron chi connectivity index (χ3n) is 3.15. The van der Waals surface area contributed by atoms with Crippen molar-refractivity contribution in [2.24, 2.45) is 0 Å². The van der Waals surface area contributed by atoms with Gasteiger partial charge in [0.05, 0.1) is 0 Å². The van der Waals surface area contributed by atoms with Crippen LogP contribution >= 0.6 is 0 Å². The number of hydrogen-bond donors (Lipinski definition) is 1. The Morgan fingerprint density at radius 2 is 0.957 bits per heavy atom. The minimum absolute atomic E-state index is 0.176. The highest BCUT2D eigenvalue weighted by atomic mass is 17.2. The third-order valence-corrected chi connectivity index (χ3v) is 3.15. The molecule has 0 atom stereocenters. The van der Waals surface area contributed by atoms with Gasteiger partial charge in [-0.2, -0.15) is 0 Å². The fraction of sp³-hybridized carbons (Fsp3) is 0.0526. The molecule has 0 heterocycles. The second kappa shape index (κ2) is 6.75. The number of ether oxygens (including phenoxy) is 1. The molecule has 4 nitrogen and oxygen atoms in total. The Balaban J connectivity index is 1.58. The zero-order valence-electron chi connectivity index (χ0n) is 12.6. The second-order valence-corrected chi connectivity index (χ2v) is 5.05. The lowest BCUT2D eigenvalue weighted by Crippen LogP contribution is -1.99. The van der Waals surface area contributed by atoms with Gasteiger partial charge in [0.1, 0.15) is 17.2 Å². The van der Waals surface area contributed by atoms with Gasteiger partial charge in [0.15, 0.2) is 11.5 Å². The molecule has 0 fully saturated rings. The van der Waals surface area contributed by atoms with E-state index >= 15 is 0 Å². The van der Waals surface area contributed by atoms with Crippen LogP contribution in [0.1, 0.15) is 5.56 Å². The van der Waals surface area contributed by atoms with E-state index in [9.17, 15) is 5.11 Å². The molecule has 0 unspecified atom stereocenters. The van der Waals surface area contributed by atoms with Gasteiger partial charge in [0, 0.05) is 0 Å². The molecule has 0 spiro atoms. The van der Waals surface area contributed by atoms with E-state index in [0.717, 1.165) is 5.75 Å². The van der Waals surface area contributed by atoms with Crippen molar-refractivity contribution in [1.82, 2.24) is 0 Å². The molecule has 0 bridgehead atoms. The van der Waals surface area contributed by atoms with Crippen molar-refractivity contribution in [2.45, 2.75) is 6.92 Å². The number of aromatic hydroxyl groups is 1. The molecule has 0 aromatic heterocycles. The molecule has 0 aliphatic heterocycles. The summed E-state index contributed by atoms with van der Waals surface area (Å²) in [5.41, 5.74) is 1.19. The lowest BCUT2D eigenvalue weighted by molar-refractivity contribution is -0.0999. The molecule has 0 amide bonds. The standard InChI is InChI=1S/C19H16O4/c1-14-2-6-16(7-3-14)21-17-10-12-19(13-11-17)23-22-18-8-4-15(20)5-9-18/h2-13,20H,1H3. The maximum Gasteiger partial charge on any atom is 0.178 e. The van der Waals surface area contributed by atoms with Crippen LogP contribution in [0, 0.1) is 6.92 Å². The minimum Gasteiger partial charge on any atom is -0.508 e. The molecule has 3 rings (SSSR count). The molecule has 23 heavy (non-hydrogen) atoms. The smallest absolute Gasteiger partial charge is 0.178 e. The SMILES string of the molecule is Cc1ccc(Oc2ccc(OOc3ccc(O)cc3)cc2)cc1. The van der Waals surface area contributed by atoms with Crippen molar-refractivity contribution in [1.29, 1.82) is 0 Å². The number of benzene rings is 3. The van der Waals surface area contributed by atoms with Crippen LogP contribution in [0.3, 0.4) is 0 Å². The maximum atomic E-state index is 9.20. The number of hydrogen-bond acceptors (Lipinski definition) is 4. The van der Waals surface area contributed by atoms with Crippen LogP contribution in [-0.4, -0.2) is 5.11 Å². The van der Waals surface area contributed by atoms with Crippen molar-refractivity contribution in [3.05, 3.63) is 78.4 Å². The number of aryl methyl sites for hydroxylation is 1. The first-order chi connectivity index (χ1) is 11.2. The second-order valence-electron chi connectivity index (χ2n) is 5.05. The summed E-state index contributed by atoms with van der Waals surface area (Å²) in [5, 5.41) is 9.20. The van der Waals surface area contributed by atoms with Gasteiger partial charge in [-0.25, -0.2) is 0 Å². The Bertz CT molecular complexity index is 747. The van der Waals surface area contributed by atoms with E-state index in [2.05, 4.69) is 0 Å². The van der Waals surface area contributed by atoms with Gasteiger partial charge in [-0.15, -0.1) is 0 Å². The van der Waals surface area contributed by atoms with Gasteiger partial charge in [0.25, 0.3) is 0 Å². The van der Waals surface area contributed by atoms with Gasteiger partial charge in [-0.1, -0.05) is 17.7 Å². The van der Waals surface area contributed by atoms with Crippen molar-refractivity contribution in [2.75, 3.05) is 0 Å². The maximum absolute atomic E-state index is 9.20. The zero-order chi connectivity index (χ0) is 16.1. The third kappa shape index (κ3) is 4.17. The Morgan fingerprint density at radius 1 is 0.565 bits per heavy atom. The van der Waals surface area contributed by atoms with Crippen LogP contribution in [0.25, 0.3) is 0 Å². The number of phenols is 1. The van der Waals surface area contributed by atoms with E-state index in [0.29, 0.717) is 17.2 Å². The van der Waals surface area contributed by atoms with Gasteiger partial charge < -0.3 is 9.84 Å². The summed E-state index contributed by atoms with van der Waals surface area (Å²) in [6.45, 7) is 2.03. The van der Waals surface area contributed by atoms with Gasteiger partial charge in [-0.3, -0.25) is 9.78 Å². The predicted octanol–water partition coefficient (Wildman–Crippen LogP) is 4.87. The summed E-state index contributed by atoms with van der Waals surface area (Å²) in [4.78, 5) is 10.4. The Labute approximate surface area is 134 Å². The average molecular weight is 308 g/mol. The van der Waals surface area contributed by atoms with Gasteiger partial charge in [-0.05, 0) is 67.6 Å². The molecule has 3 aromatic carbocycles. The summed E-state index contributed by atoms with van der Waals surface area (Å²) in [6, 6.07) is 21.2. The summed E-state index contributed by atoms with van der Waals surface area (Å²) in [5.74, 6) is 2.72. The van der Waals surface area contributed by atoms with Crippen molar-refractivity contribution in [3.63, 3.8) is 0 Å². The summed E-state index contributed by atoms with van der Waals surface area (Å²) >= 11 is 0. The van der Waals surface area contributed by atoms with Crippen LogP contribution in [0.5, 0.6) is 28.7 Å². The first-order valence-electron chi connectivity index (χ1n) is 7.17. The Kier molecular flexibility index (Phi) is 4.34. The molecule has 3 aromatic rings. The van der Waals surface area contributed by atoms with Gasteiger partial charge in [0.2, 0.25) is 0 Å². The van der Waals surface area contributed by atoms with E-state index in [4.69, 9.17) is 14.5 Å². The fourth-order valence-corrected chi connectivity index (χ4v) is 1.90. The molecule has 4 heteroatoms. The van der Waals surface area contributed by atoms with Crippen LogP contribution < -0.4 is 14.5 Å². The van der Waals surface area contributed by atoms with Crippen molar-refractivity contribution < 1.29 is 19.6 Å². The highest BCUT2D eigenvalue weighted by Crippen LogP contribution is 2.25. The lowest BCUT2D eigenvalue weighted by Gasteiger charge is -2.08. The minimum atomic E-state index is 0.176. The van der Waals surface area contributed by atoms with E-state index in [-0.39, 0.29) is 5.75 Å². The Morgan fingerprint density at radius 3 is 1.48 bits per heavy atom. The molecular weight excluding hydrogens is 292 g/mol. The van der Waals surface area contributed by atoms with Crippen molar-refractivity contribution in [3.8, 4) is 28.7 Å². The van der Waals surface area contributed by atoms with E-state index < -0.39 is 0 Å². The van der Waals surface area contributed by atoms with E-state index in [1.807, 2.05) is 31.2 Å². The predicted molar refractivity (Wildman–Crippen MR) is 87.1 cm³/mol. The monoisotopic (exact) mass is 308 g/mol. The van der Waals surface area contributed by atoms with Crippen molar-refractivity contribution >= 4 is 0 Å². The zero-order valence-corrected chi connectivity index (χ0v) is 12.6. The molecular formula is C19H16O4. The van der Waals surface area contributed by atoms with E-state index in [1.54, 1.807) is 36.4 Å². The summed E-state index contributed by atoms with van der Waals surface area (Å²) < 4.78 is 5.74. The molecule has 0 radical (unpaired) electrons. The van der Waals surface area contributed by atoms with Crippen LogP contribution in [-0.2, 0) is 0 Å². The average Bonchev–Trinajstić information content (AvgIpc) is 2.58. The highest BCUT2D eigenvalue weighted by Gasteiger charge is 2.01. The summed E-state index contributed by atoms with van der Waals surface area (Å²) in [6.07, 6.45) is 0. The topological polar surface area (TPSA) is 47.9 Å². The molecule has 0 saturated carbocycles. The fourth-order valence-electron chi connectivity index (χ4n) is 1.90. The number of phenolic OH excluding ortho intramolecular Hbond substituents is 1. The quantitative estimate of drug-likeness (QED) is 0.540. The molecule has 0 aliphatic carbocycles. The first-order valence-corrected chi connectivity index (χ1v) is 7.17. The van der Waals surface area contributed by atoms with Crippen LogP contribution in [0.2, 0.25) is 0 Å². The highest BCUT2D eigenvalue weighted by molar-refractivity contribution is 5.36. The Hall–Kier alpha value is -3.14. The van der Waals surface area contributed by atoms with Crippen LogP contribution in [0.4, 0.5) is 0 Å². The molecule has 116 valence electrons. The lowest BCUT2D eigenvalue weighted by atomic mass is 10.2. The molecule has 0 saturated heterocycles. The van der Waals surface area contributed by atoms with E-state index in [1.165, 1.54) is 17.7 Å². The number of rotatable bonds is 5. The summed E-state index contributed by atoms with van der Waals surface area (Å²) in [7, 11) is 0. The molecule has 0 aliphatic rings. The largest absolute Gasteiger partial charge is 0.508 e. The van der Waals surface area contributed by atoms with Crippen LogP contribution in [0.15, 0.2) is 72.8 Å². The normalized spacial score (nSPS) is 10.1. The van der Waals surface area contributed by atoms with Gasteiger partial charge >= 0.3 is 0 Å².